The Hall–Kier alpha value is -0.820. The highest BCUT2D eigenvalue weighted by Gasteiger charge is 2.09. The molecule has 1 rings (SSSR count). The monoisotopic (exact) mass is 433 g/mol. The van der Waals surface area contributed by atoms with Crippen LogP contribution in [0.25, 0.3) is 0 Å². The number of para-hydroxylation sites is 1. The fourth-order valence-electron chi connectivity index (χ4n) is 2.72. The zero-order chi connectivity index (χ0) is 16.4. The smallest absolute Gasteiger partial charge is 0.193 e. The van der Waals surface area contributed by atoms with Crippen molar-refractivity contribution in [1.82, 2.24) is 0 Å². The predicted molar refractivity (Wildman–Crippen MR) is 111 cm³/mol. The van der Waals surface area contributed by atoms with Gasteiger partial charge in [0.1, 0.15) is 0 Å². The Balaban J connectivity index is 0.00000484. The minimum Gasteiger partial charge on any atom is -0.396 e. The molecule has 1 atom stereocenters. The molecule has 0 bridgehead atoms. The number of nitrogens with zero attached hydrogens (tertiary/aromatic N) is 1. The number of hydrogen-bond donors (Lipinski definition) is 3. The molecule has 0 fully saturated rings. The summed E-state index contributed by atoms with van der Waals surface area (Å²) in [5.74, 6) is 0.872. The fraction of sp³-hybridized carbons (Fsp3) is 0.611. The number of aryl methyl sites for hydroxylation is 2. The summed E-state index contributed by atoms with van der Waals surface area (Å²) in [6.07, 6.45) is 4.89. The second kappa shape index (κ2) is 12.6. The Bertz CT molecular complexity index is 449. The molecule has 5 heteroatoms. The third-order valence-electron chi connectivity index (χ3n) is 4.01. The van der Waals surface area contributed by atoms with E-state index in [1.165, 1.54) is 11.1 Å². The van der Waals surface area contributed by atoms with Gasteiger partial charge in [0.25, 0.3) is 0 Å². The summed E-state index contributed by atoms with van der Waals surface area (Å²) in [4.78, 5) is 4.48. The van der Waals surface area contributed by atoms with E-state index in [9.17, 15) is 0 Å². The average Bonchev–Trinajstić information content (AvgIpc) is 2.53. The maximum Gasteiger partial charge on any atom is 0.193 e. The first-order chi connectivity index (χ1) is 10.7. The minimum absolute atomic E-state index is 0. The number of benzene rings is 1. The van der Waals surface area contributed by atoms with Crippen LogP contribution in [0.5, 0.6) is 0 Å². The van der Waals surface area contributed by atoms with Crippen LogP contribution >= 0.6 is 24.0 Å². The number of guanidine groups is 1. The maximum absolute atomic E-state index is 9.10. The molecule has 1 aromatic rings. The lowest BCUT2D eigenvalue weighted by atomic mass is 10.0. The number of hydrogen-bond acceptors (Lipinski definition) is 2. The number of rotatable bonds is 9. The highest BCUT2D eigenvalue weighted by Crippen LogP contribution is 2.22. The fourth-order valence-corrected chi connectivity index (χ4v) is 2.72. The molecule has 132 valence electrons. The maximum atomic E-state index is 9.10. The number of aliphatic hydroxyl groups excluding tert-OH is 1. The molecule has 0 aliphatic rings. The van der Waals surface area contributed by atoms with E-state index in [1.807, 2.05) is 0 Å². The second-order valence-electron chi connectivity index (χ2n) is 5.68. The van der Waals surface area contributed by atoms with Crippen molar-refractivity contribution in [2.75, 3.05) is 18.5 Å². The molecule has 0 amide bonds. The summed E-state index contributed by atoms with van der Waals surface area (Å²) in [6, 6.07) is 6.34. The minimum atomic E-state index is 0. The van der Waals surface area contributed by atoms with E-state index >= 15 is 0 Å². The third-order valence-corrected chi connectivity index (χ3v) is 4.01. The van der Waals surface area contributed by atoms with Gasteiger partial charge < -0.3 is 16.2 Å². The predicted octanol–water partition coefficient (Wildman–Crippen LogP) is 3.95. The van der Waals surface area contributed by atoms with Crippen LogP contribution in [-0.4, -0.2) is 24.2 Å². The number of aliphatic imine (C=N–C) groups is 1. The van der Waals surface area contributed by atoms with E-state index in [1.54, 1.807) is 0 Å². The molecule has 23 heavy (non-hydrogen) atoms. The van der Waals surface area contributed by atoms with Crippen LogP contribution in [0.2, 0.25) is 0 Å². The van der Waals surface area contributed by atoms with Gasteiger partial charge in [0.2, 0.25) is 0 Å². The highest BCUT2D eigenvalue weighted by atomic mass is 127. The van der Waals surface area contributed by atoms with E-state index in [4.69, 9.17) is 10.8 Å². The van der Waals surface area contributed by atoms with Crippen molar-refractivity contribution in [3.05, 3.63) is 29.3 Å². The molecule has 0 radical (unpaired) electrons. The Morgan fingerprint density at radius 3 is 2.26 bits per heavy atom. The van der Waals surface area contributed by atoms with Crippen LogP contribution in [0.15, 0.2) is 23.2 Å². The van der Waals surface area contributed by atoms with Crippen LogP contribution in [-0.2, 0) is 12.8 Å². The molecule has 0 saturated carbocycles. The van der Waals surface area contributed by atoms with E-state index < -0.39 is 0 Å². The first kappa shape index (κ1) is 22.2. The van der Waals surface area contributed by atoms with Crippen LogP contribution in [0.3, 0.4) is 0 Å². The first-order valence-corrected chi connectivity index (χ1v) is 8.44. The van der Waals surface area contributed by atoms with Crippen molar-refractivity contribution >= 4 is 35.6 Å². The van der Waals surface area contributed by atoms with E-state index in [0.29, 0.717) is 18.4 Å². The summed E-state index contributed by atoms with van der Waals surface area (Å²) in [6.45, 7) is 7.33. The SMILES string of the molecule is CCCC(CCO)CN=C(N)Nc1c(CC)cccc1CC.I. The van der Waals surface area contributed by atoms with Crippen molar-refractivity contribution < 1.29 is 5.11 Å². The largest absolute Gasteiger partial charge is 0.396 e. The zero-order valence-electron chi connectivity index (χ0n) is 14.6. The van der Waals surface area contributed by atoms with Gasteiger partial charge in [0.05, 0.1) is 0 Å². The van der Waals surface area contributed by atoms with E-state index in [2.05, 4.69) is 49.3 Å². The Labute approximate surface area is 158 Å². The number of aliphatic hydroxyl groups is 1. The average molecular weight is 433 g/mol. The van der Waals surface area contributed by atoms with Crippen molar-refractivity contribution in [3.63, 3.8) is 0 Å². The van der Waals surface area contributed by atoms with Gasteiger partial charge >= 0.3 is 0 Å². The standard InChI is InChI=1S/C18H31N3O.HI/c1-4-8-14(11-12-22)13-20-18(19)21-17-15(5-2)9-7-10-16(17)6-3;/h7,9-10,14,22H,4-6,8,11-13H2,1-3H3,(H3,19,20,21);1H. The Morgan fingerprint density at radius 2 is 1.78 bits per heavy atom. The van der Waals surface area contributed by atoms with Gasteiger partial charge in [0.15, 0.2) is 5.96 Å². The van der Waals surface area contributed by atoms with Gasteiger partial charge in [-0.1, -0.05) is 45.4 Å². The molecule has 1 unspecified atom stereocenters. The van der Waals surface area contributed by atoms with Crippen LogP contribution in [0.4, 0.5) is 5.69 Å². The zero-order valence-corrected chi connectivity index (χ0v) is 17.0. The molecular formula is C18H32IN3O. The number of anilines is 1. The summed E-state index contributed by atoms with van der Waals surface area (Å²) < 4.78 is 0. The van der Waals surface area contributed by atoms with Crippen LogP contribution in [0, 0.1) is 5.92 Å². The molecule has 0 aliphatic carbocycles. The first-order valence-electron chi connectivity index (χ1n) is 8.44. The lowest BCUT2D eigenvalue weighted by Crippen LogP contribution is -2.25. The molecule has 0 spiro atoms. The summed E-state index contributed by atoms with van der Waals surface area (Å²) >= 11 is 0. The summed E-state index contributed by atoms with van der Waals surface area (Å²) in [5.41, 5.74) is 9.69. The van der Waals surface area contributed by atoms with Crippen molar-refractivity contribution in [2.45, 2.75) is 52.9 Å². The lowest BCUT2D eigenvalue weighted by molar-refractivity contribution is 0.253. The molecule has 0 aromatic heterocycles. The number of nitrogens with one attached hydrogen (secondary N) is 1. The Morgan fingerprint density at radius 1 is 1.17 bits per heavy atom. The molecule has 0 saturated heterocycles. The lowest BCUT2D eigenvalue weighted by Gasteiger charge is -2.16. The van der Waals surface area contributed by atoms with Gasteiger partial charge in [-0.3, -0.25) is 4.99 Å². The topological polar surface area (TPSA) is 70.6 Å². The second-order valence-corrected chi connectivity index (χ2v) is 5.68. The van der Waals surface area contributed by atoms with Gasteiger partial charge in [-0.2, -0.15) is 0 Å². The quantitative estimate of drug-likeness (QED) is 0.314. The summed E-state index contributed by atoms with van der Waals surface area (Å²) in [5, 5.41) is 12.4. The number of nitrogens with two attached hydrogens (primary N) is 1. The molecule has 0 aliphatic heterocycles. The molecule has 4 nitrogen and oxygen atoms in total. The van der Waals surface area contributed by atoms with E-state index in [-0.39, 0.29) is 30.6 Å². The van der Waals surface area contributed by atoms with Crippen molar-refractivity contribution in [3.8, 4) is 0 Å². The van der Waals surface area contributed by atoms with E-state index in [0.717, 1.165) is 37.8 Å². The molecule has 4 N–H and O–H groups in total. The van der Waals surface area contributed by atoms with Gasteiger partial charge in [-0.15, -0.1) is 24.0 Å². The number of halogens is 1. The van der Waals surface area contributed by atoms with Gasteiger partial charge in [-0.05, 0) is 42.7 Å². The van der Waals surface area contributed by atoms with Gasteiger partial charge in [-0.25, -0.2) is 0 Å². The molecule has 1 aromatic carbocycles. The van der Waals surface area contributed by atoms with Gasteiger partial charge in [0, 0.05) is 18.8 Å². The van der Waals surface area contributed by atoms with Crippen LogP contribution < -0.4 is 11.1 Å². The van der Waals surface area contributed by atoms with Crippen molar-refractivity contribution in [1.29, 1.82) is 0 Å². The van der Waals surface area contributed by atoms with Crippen molar-refractivity contribution in [2.24, 2.45) is 16.6 Å². The molecular weight excluding hydrogens is 401 g/mol. The van der Waals surface area contributed by atoms with Crippen LogP contribution in [0.1, 0.15) is 51.2 Å². The third kappa shape index (κ3) is 7.52. The molecule has 0 heterocycles. The highest BCUT2D eigenvalue weighted by molar-refractivity contribution is 14.0. The normalized spacial score (nSPS) is 12.6. The summed E-state index contributed by atoms with van der Waals surface area (Å²) in [7, 11) is 0. The Kier molecular flexibility index (Phi) is 12.1.